The number of hydrogen-bond acceptors (Lipinski definition) is 2. The number of nitrogens with zero attached hydrogens (tertiary/aromatic N) is 3. The Morgan fingerprint density at radius 1 is 0.376 bits per heavy atom. The summed E-state index contributed by atoms with van der Waals surface area (Å²) in [6.45, 7) is 18.5. The fourth-order valence-corrected chi connectivity index (χ4v) is 14.3. The monoisotopic (exact) mass is 1090 g/mol. The first-order valence-electron chi connectivity index (χ1n) is 30.2. The van der Waals surface area contributed by atoms with E-state index in [9.17, 15) is 0 Å². The zero-order valence-corrected chi connectivity index (χ0v) is 49.6. The molecule has 0 N–H and O–H groups in total. The first-order chi connectivity index (χ1) is 41.8. The summed E-state index contributed by atoms with van der Waals surface area (Å²) in [5, 5.41) is 10.3. The van der Waals surface area contributed by atoms with Gasteiger partial charge < -0.3 is 4.90 Å². The molecule has 13 aromatic carbocycles. The summed E-state index contributed by atoms with van der Waals surface area (Å²) in [5.74, 6) is 0.949. The van der Waals surface area contributed by atoms with E-state index in [1.807, 2.05) is 12.1 Å². The molecular weight excluding hydrogens is 1030 g/mol. The Hall–Kier alpha value is -9.77. The second kappa shape index (κ2) is 20.2. The lowest BCUT2D eigenvalue weighted by molar-refractivity contribution is 0.652. The lowest BCUT2D eigenvalue weighted by Crippen LogP contribution is -2.18. The third kappa shape index (κ3) is 8.52. The van der Waals surface area contributed by atoms with E-state index in [-0.39, 0.29) is 10.8 Å². The van der Waals surface area contributed by atoms with Gasteiger partial charge in [-0.1, -0.05) is 221 Å². The SMILES string of the molecule is Cc1ccc(N(c2ccc(C)cc2C)c2cc3c(c4ccccc24)-c2cc4c(cc2C3(C)C)-c2ccccc2C4(C)C)c(C)c1.[2H][B].c1ccc(-n2c(-c3ccc(-c4cccc5c4ccc4cc6ccccc6cc45)cc3)nc3ccccc32)cc1. The first kappa shape index (κ1) is 52.1. The Labute approximate surface area is 502 Å². The lowest BCUT2D eigenvalue weighted by atomic mass is 9.79. The zero-order chi connectivity index (χ0) is 59.2. The number of para-hydroxylation sites is 3. The molecule has 2 aliphatic carbocycles. The predicted molar refractivity (Wildman–Crippen MR) is 364 cm³/mol. The highest BCUT2D eigenvalue weighted by atomic mass is 15.1. The van der Waals surface area contributed by atoms with E-state index >= 15 is 0 Å². The molecule has 0 atom stereocenters. The van der Waals surface area contributed by atoms with Crippen LogP contribution in [0.25, 0.3) is 105 Å². The molecular formula is C81H66BN3. The van der Waals surface area contributed by atoms with Crippen LogP contribution in [0.3, 0.4) is 0 Å². The van der Waals surface area contributed by atoms with Crippen molar-refractivity contribution in [2.45, 2.75) is 66.2 Å². The van der Waals surface area contributed by atoms with Crippen molar-refractivity contribution in [1.82, 2.24) is 9.55 Å². The topological polar surface area (TPSA) is 21.1 Å². The maximum Gasteiger partial charge on any atom is 0.145 e. The van der Waals surface area contributed by atoms with Gasteiger partial charge in [-0.3, -0.25) is 4.57 Å². The summed E-state index contributed by atoms with van der Waals surface area (Å²) >= 11 is 0. The van der Waals surface area contributed by atoms with Crippen molar-refractivity contribution in [3.05, 3.63) is 293 Å². The molecule has 1 aromatic heterocycles. The van der Waals surface area contributed by atoms with Gasteiger partial charge in [0.2, 0.25) is 0 Å². The predicted octanol–water partition coefficient (Wildman–Crippen LogP) is 21.3. The fraction of sp³-hybridized carbons (Fsp3) is 0.123. The standard InChI is InChI=1S/C44H41N.C37H24N2.BH/c1-26-17-19-39(28(3)21-26)45(40-20-18-27(2)22-29(40)4)41-25-38-42(32-15-10-9-14-31(32)41)34-24-36-33(23-37(34)44(38,7)8)30-13-11-12-16-35(30)43(36,5)6;1-2-11-30(12-3-1)39-36-16-7-6-15-35(36)38-37(39)26-19-17-25(18-20-26)31-13-8-14-32-33(31)22-21-29-23-27-9-4-5-10-28(27)24-34(29)32;/h9-25H,1-8H3;1-24H;1H/i;;1D. The number of anilines is 3. The van der Waals surface area contributed by atoms with Crippen molar-refractivity contribution in [3.63, 3.8) is 0 Å². The fourth-order valence-electron chi connectivity index (χ4n) is 14.3. The first-order valence-corrected chi connectivity index (χ1v) is 29.6. The number of imidazole rings is 1. The summed E-state index contributed by atoms with van der Waals surface area (Å²) in [6.07, 6.45) is 0. The molecule has 2 aliphatic rings. The second-order valence-corrected chi connectivity index (χ2v) is 24.6. The van der Waals surface area contributed by atoms with Gasteiger partial charge in [0.25, 0.3) is 0 Å². The van der Waals surface area contributed by atoms with E-state index in [2.05, 4.69) is 310 Å². The van der Waals surface area contributed by atoms with Crippen LogP contribution in [0.1, 0.15) is 72.2 Å². The van der Waals surface area contributed by atoms with Gasteiger partial charge in [-0.05, 0) is 200 Å². The molecule has 85 heavy (non-hydrogen) atoms. The van der Waals surface area contributed by atoms with E-state index in [1.54, 1.807) is 0 Å². The molecule has 0 amide bonds. The number of aryl methyl sites for hydroxylation is 4. The number of hydrogen-bond donors (Lipinski definition) is 0. The van der Waals surface area contributed by atoms with Crippen molar-refractivity contribution in [1.29, 1.82) is 1.34 Å². The molecule has 0 aliphatic heterocycles. The minimum atomic E-state index is -0.156. The van der Waals surface area contributed by atoms with Crippen molar-refractivity contribution >= 4 is 79.6 Å². The van der Waals surface area contributed by atoms with Crippen LogP contribution in [0.2, 0.25) is 0 Å². The average molecular weight is 1090 g/mol. The molecule has 0 saturated carbocycles. The van der Waals surface area contributed by atoms with Crippen LogP contribution >= 0.6 is 0 Å². The molecule has 0 unspecified atom stereocenters. The zero-order valence-electron chi connectivity index (χ0n) is 50.6. The summed E-state index contributed by atoms with van der Waals surface area (Å²) in [7, 11) is 3.75. The normalized spacial score (nSPS) is 13.3. The number of benzene rings is 13. The maximum atomic E-state index is 5.25. The van der Waals surface area contributed by atoms with Crippen molar-refractivity contribution in [3.8, 4) is 50.5 Å². The van der Waals surface area contributed by atoms with Crippen LogP contribution in [0.4, 0.5) is 17.1 Å². The van der Waals surface area contributed by atoms with E-state index in [0.717, 1.165) is 28.1 Å². The molecule has 1 heterocycles. The van der Waals surface area contributed by atoms with Gasteiger partial charge in [0.05, 0.1) is 16.7 Å². The summed E-state index contributed by atoms with van der Waals surface area (Å²) < 4.78 is 7.50. The highest BCUT2D eigenvalue weighted by molar-refractivity contribution is 6.16. The van der Waals surface area contributed by atoms with Crippen molar-refractivity contribution < 1.29 is 0 Å². The summed E-state index contributed by atoms with van der Waals surface area (Å²) in [6, 6.07) is 91.4. The third-order valence-corrected chi connectivity index (χ3v) is 18.6. The highest BCUT2D eigenvalue weighted by Crippen LogP contribution is 2.59. The van der Waals surface area contributed by atoms with Crippen LogP contribution in [-0.4, -0.2) is 19.3 Å². The Bertz CT molecular complexity index is 4960. The maximum absolute atomic E-state index is 5.25. The Balaban J connectivity index is 0.000000149. The highest BCUT2D eigenvalue weighted by Gasteiger charge is 2.43. The van der Waals surface area contributed by atoms with Crippen molar-refractivity contribution in [2.24, 2.45) is 0 Å². The minimum absolute atomic E-state index is 0.0354. The van der Waals surface area contributed by atoms with E-state index < -0.39 is 0 Å². The van der Waals surface area contributed by atoms with E-state index in [1.165, 1.54) is 138 Å². The van der Waals surface area contributed by atoms with Gasteiger partial charge in [-0.25, -0.2) is 4.98 Å². The number of aromatic nitrogens is 2. The lowest BCUT2D eigenvalue weighted by Gasteiger charge is -2.32. The molecule has 2 radical (unpaired) electrons. The van der Waals surface area contributed by atoms with Crippen LogP contribution < -0.4 is 4.90 Å². The molecule has 14 aromatic rings. The quantitative estimate of drug-likeness (QED) is 0.0940. The molecule has 3 nitrogen and oxygen atoms in total. The Morgan fingerprint density at radius 2 is 0.953 bits per heavy atom. The largest absolute Gasteiger partial charge is 0.309 e. The number of fused-ring (bicyclic) bond motifs is 13. The molecule has 0 saturated heterocycles. The van der Waals surface area contributed by atoms with E-state index in [0.29, 0.717) is 0 Å². The van der Waals surface area contributed by atoms with Gasteiger partial charge in [-0.2, -0.15) is 0 Å². The van der Waals surface area contributed by atoms with Gasteiger partial charge in [0, 0.05) is 47.2 Å². The Morgan fingerprint density at radius 3 is 1.68 bits per heavy atom. The minimum Gasteiger partial charge on any atom is -0.309 e. The second-order valence-electron chi connectivity index (χ2n) is 24.6. The molecule has 16 rings (SSSR count). The van der Waals surface area contributed by atoms with Gasteiger partial charge >= 0.3 is 0 Å². The molecule has 0 bridgehead atoms. The molecule has 4 heteroatoms. The van der Waals surface area contributed by atoms with Gasteiger partial charge in [0.1, 0.15) is 5.82 Å². The van der Waals surface area contributed by atoms with Crippen LogP contribution in [0.5, 0.6) is 0 Å². The number of rotatable bonds is 6. The third-order valence-electron chi connectivity index (χ3n) is 18.6. The van der Waals surface area contributed by atoms with Crippen LogP contribution in [0.15, 0.2) is 249 Å². The van der Waals surface area contributed by atoms with Crippen LogP contribution in [0, 0.1) is 27.7 Å². The van der Waals surface area contributed by atoms with Gasteiger partial charge in [-0.15, -0.1) is 0 Å². The molecule has 0 fully saturated rings. The summed E-state index contributed by atoms with van der Waals surface area (Å²) in [5.41, 5.74) is 26.6. The Kier molecular flexibility index (Phi) is 12.4. The smallest absolute Gasteiger partial charge is 0.145 e. The molecule has 0 spiro atoms. The average Bonchev–Trinajstić information content (AvgIpc) is 1.67. The van der Waals surface area contributed by atoms with Crippen molar-refractivity contribution in [2.75, 3.05) is 4.90 Å². The van der Waals surface area contributed by atoms with Crippen LogP contribution in [-0.2, 0) is 10.8 Å². The van der Waals surface area contributed by atoms with E-state index in [4.69, 9.17) is 6.32 Å². The molecule has 408 valence electrons. The van der Waals surface area contributed by atoms with Gasteiger partial charge in [0.15, 0.2) is 0 Å². The summed E-state index contributed by atoms with van der Waals surface area (Å²) in [4.78, 5) is 7.55.